The van der Waals surface area contributed by atoms with Gasteiger partial charge < -0.3 is 63.0 Å². The first-order valence-electron chi connectivity index (χ1n) is 50.2. The summed E-state index contributed by atoms with van der Waals surface area (Å²) in [6.07, 6.45) is 27.9. The molecule has 8 aliphatic heterocycles. The van der Waals surface area contributed by atoms with Crippen molar-refractivity contribution >= 4 is 115 Å². The molecule has 10 atom stereocenters. The molecular formula is C109H111N27O11S2. The molecule has 0 spiro atoms. The van der Waals surface area contributed by atoms with E-state index in [1.165, 1.54) is 89.2 Å². The van der Waals surface area contributed by atoms with Crippen molar-refractivity contribution < 1.29 is 54.0 Å². The predicted molar refractivity (Wildman–Crippen MR) is 561 cm³/mol. The summed E-state index contributed by atoms with van der Waals surface area (Å²) in [4.78, 5) is 147. The summed E-state index contributed by atoms with van der Waals surface area (Å²) in [6.45, 7) is 17.9. The van der Waals surface area contributed by atoms with E-state index in [4.69, 9.17) is 49.4 Å². The summed E-state index contributed by atoms with van der Waals surface area (Å²) in [6, 6.07) is 35.7. The van der Waals surface area contributed by atoms with Gasteiger partial charge in [-0.3, -0.25) is 53.5 Å². The van der Waals surface area contributed by atoms with Crippen molar-refractivity contribution in [1.82, 2.24) is 108 Å². The monoisotopic (exact) mass is 2040 g/mol. The Morgan fingerprint density at radius 1 is 0.389 bits per heavy atom. The number of Topliss-reactive ketones (excluding diaryl/α,β-unsaturated/α-hetero) is 3. The van der Waals surface area contributed by atoms with Crippen LogP contribution in [0.1, 0.15) is 229 Å². The Morgan fingerprint density at radius 3 is 0.946 bits per heavy atom. The number of thiazole rings is 2. The first kappa shape index (κ1) is 99.2. The van der Waals surface area contributed by atoms with Crippen LogP contribution < -0.4 is 22.9 Å². The van der Waals surface area contributed by atoms with E-state index in [9.17, 15) is 54.0 Å². The minimum atomic E-state index is -1.42. The molecule has 8 fully saturated rings. The predicted octanol–water partition coefficient (Wildman–Crippen LogP) is 14.7. The molecule has 2 aromatic carbocycles. The molecule has 8 saturated heterocycles. The number of ketones is 3. The SMILES string of the molecule is CC(=O)c1c(C2CC3CCC(C2)N3C(=O)C(C)(C)O)nc2c(-c3ccc(-c4nccs4)nc3)cnn2c1N.CC(=O)c1c(C2CC3CCC(C2)N3C(=O)[C@@H](C)O)nc2c(-c3ccc(-c4nccs4)nc3)cnn2c1N.CC(=O)c1c(C2CC3CCC(C2)N3C(=O)[C@H](C)O)nc2c(-c3ccc(-c4ccccc4)nc3)cnn2c1N.[C-]#[N+]c1c(C2CC3CCC(C2)N3C(=O)CO)nc2c(-c3ccc(-c4ccccc4)nc3)cnn2c1N. The molecule has 0 saturated carbocycles. The molecule has 8 unspecified atom stereocenters. The van der Waals surface area contributed by atoms with Crippen molar-refractivity contribution in [1.29, 1.82) is 0 Å². The first-order valence-corrected chi connectivity index (χ1v) is 52.0. The van der Waals surface area contributed by atoms with Crippen LogP contribution in [0, 0.1) is 6.57 Å². The molecule has 12 N–H and O–H groups in total. The average molecular weight is 2040 g/mol. The van der Waals surface area contributed by atoms with E-state index in [0.717, 1.165) is 140 Å². The molecule has 0 radical (unpaired) electrons. The van der Waals surface area contributed by atoms with Gasteiger partial charge in [0.05, 0.1) is 93.6 Å². The number of carbonyl (C=O) groups excluding carboxylic acids is 7. The largest absolute Gasteiger partial charge is 0.392 e. The molecule has 38 nitrogen and oxygen atoms in total. The number of fused-ring (bicyclic) bond motifs is 12. The Kier molecular flexibility index (Phi) is 26.9. The fraction of sp³-hybridized carbons (Fsp3) is 0.358. The van der Waals surface area contributed by atoms with Crippen molar-refractivity contribution in [2.75, 3.05) is 29.5 Å². The first-order chi connectivity index (χ1) is 71.9. The fourth-order valence-electron chi connectivity index (χ4n) is 23.9. The molecule has 149 heavy (non-hydrogen) atoms. The number of rotatable bonds is 19. The number of benzene rings is 2. The van der Waals surface area contributed by atoms with Gasteiger partial charge >= 0.3 is 0 Å². The third-order valence-electron chi connectivity index (χ3n) is 30.6. The van der Waals surface area contributed by atoms with Gasteiger partial charge in [0.2, 0.25) is 11.6 Å². The minimum absolute atomic E-state index is 0.00275. The molecule has 760 valence electrons. The summed E-state index contributed by atoms with van der Waals surface area (Å²) >= 11 is 3.05. The second-order valence-corrected chi connectivity index (χ2v) is 42.2. The van der Waals surface area contributed by atoms with Crippen LogP contribution in [0.25, 0.3) is 116 Å². The lowest BCUT2D eigenvalue weighted by atomic mass is 9.84. The van der Waals surface area contributed by atoms with Gasteiger partial charge in [0, 0.05) is 170 Å². The highest BCUT2D eigenvalue weighted by atomic mass is 32.1. The summed E-state index contributed by atoms with van der Waals surface area (Å²) < 4.78 is 6.09. The van der Waals surface area contributed by atoms with Crippen molar-refractivity contribution in [3.8, 4) is 88.4 Å². The van der Waals surface area contributed by atoms with Crippen LogP contribution in [-0.2, 0) is 19.2 Å². The van der Waals surface area contributed by atoms with Gasteiger partial charge in [-0.15, -0.1) is 22.7 Å². The van der Waals surface area contributed by atoms with Crippen molar-refractivity contribution in [3.63, 3.8) is 0 Å². The zero-order valence-corrected chi connectivity index (χ0v) is 84.6. The van der Waals surface area contributed by atoms with E-state index in [-0.39, 0.29) is 136 Å². The fourth-order valence-corrected chi connectivity index (χ4v) is 25.1. The van der Waals surface area contributed by atoms with Gasteiger partial charge in [-0.1, -0.05) is 84.9 Å². The third kappa shape index (κ3) is 18.5. The summed E-state index contributed by atoms with van der Waals surface area (Å²) in [5.74, 6) is -0.449. The number of hydrogen-bond donors (Lipinski definition) is 8. The van der Waals surface area contributed by atoms with E-state index in [1.807, 2.05) is 140 Å². The zero-order chi connectivity index (χ0) is 104. The van der Waals surface area contributed by atoms with Crippen LogP contribution in [0.5, 0.6) is 0 Å². The maximum absolute atomic E-state index is 13.0. The number of aliphatic hydroxyl groups excluding tert-OH is 3. The van der Waals surface area contributed by atoms with E-state index in [0.29, 0.717) is 119 Å². The number of hydrogen-bond acceptors (Lipinski definition) is 31. The van der Waals surface area contributed by atoms with Crippen LogP contribution >= 0.6 is 22.7 Å². The third-order valence-corrected chi connectivity index (χ3v) is 32.2. The molecular weight excluding hydrogens is 1930 g/mol. The summed E-state index contributed by atoms with van der Waals surface area (Å²) in [7, 11) is 0. The quantitative estimate of drug-likeness (QED) is 0.0275. The highest BCUT2D eigenvalue weighted by molar-refractivity contribution is 7.13. The topological polar surface area (TPSA) is 520 Å². The molecule has 4 amide bonds. The van der Waals surface area contributed by atoms with Crippen molar-refractivity contribution in [3.05, 3.63) is 233 Å². The standard InChI is InChI=1S/C29H30N6O3.C27H29N7O3S.C27H25N7O2.C26H27N7O3S/c1-16(36)25-26(20-12-21-9-10-22(13-20)34(21)29(38)17(2)37)33-28-23(15-32-35(28)27(25)30)19-8-11-24(31-14-19)18-6-4-3-5-7-18;1-14(35)21-22(16-10-17-5-6-18(11-16)33(17)26(36)27(2,3)37)32-24-19(13-31-34(24)23(21)28)15-4-7-20(30-12-15)25-29-8-9-38-25;1-29-25-24(18-11-19-8-9-20(12-18)33(19)23(36)15-35)32-27-21(14-31-34(27)26(25)28)17-7-10-22(30-13-17)16-5-3-2-4-6-16;1-13(34)21-22(16-9-17-4-5-18(10-16)32(17)26(36)14(2)35)31-24-19(12-30-33(24)23(21)27)15-3-6-20(29-11-15)25-28-7-8-37-25/h3-8,11,14-15,17,20-22,37H,9-10,12-13,30H2,1-2H3;4,7-9,12-13,16-18,37H,5-6,10-11,28H2,1-3H3;2-7,10,13-14,18-20,35H,8-9,11-12,15,28H2;3,6-8,11-12,14,16-18,35H,4-5,9-10,27H2,1-2H3/t17-,20?,21?,22?;;;14-,16?,17?,18?/m0..1/s1. The number of amides is 4. The number of aliphatic hydroxyl groups is 4. The van der Waals surface area contributed by atoms with Crippen LogP contribution in [0.3, 0.4) is 0 Å². The zero-order valence-electron chi connectivity index (χ0n) is 83.0. The Labute approximate surface area is 863 Å². The molecule has 8 bridgehead atoms. The van der Waals surface area contributed by atoms with Gasteiger partial charge in [-0.25, -0.2) is 39.3 Å². The highest BCUT2D eigenvalue weighted by Gasteiger charge is 2.52. The summed E-state index contributed by atoms with van der Waals surface area (Å²) in [5.41, 5.74) is 42.9. The molecule has 14 aromatic heterocycles. The average Bonchev–Trinajstić information content (AvgIpc) is 1.60. The molecule has 22 heterocycles. The minimum Gasteiger partial charge on any atom is -0.392 e. The molecule has 24 rings (SSSR count). The van der Waals surface area contributed by atoms with Crippen molar-refractivity contribution in [2.24, 2.45) is 0 Å². The lowest BCUT2D eigenvalue weighted by molar-refractivity contribution is -0.152. The van der Waals surface area contributed by atoms with Gasteiger partial charge in [-0.05, 0) is 181 Å². The van der Waals surface area contributed by atoms with Crippen molar-refractivity contribution in [2.45, 2.75) is 241 Å². The van der Waals surface area contributed by atoms with Gasteiger partial charge in [-0.2, -0.15) is 33.9 Å². The molecule has 16 aromatic rings. The highest BCUT2D eigenvalue weighted by Crippen LogP contribution is 2.52. The Hall–Kier alpha value is -15.8. The van der Waals surface area contributed by atoms with Crippen LogP contribution in [0.2, 0.25) is 0 Å². The van der Waals surface area contributed by atoms with Gasteiger partial charge in [0.15, 0.2) is 39.9 Å². The second kappa shape index (κ2) is 40.4. The maximum Gasteiger partial charge on any atom is 0.254 e. The van der Waals surface area contributed by atoms with Crippen LogP contribution in [-0.4, -0.2) is 242 Å². The van der Waals surface area contributed by atoms with Gasteiger partial charge in [0.25, 0.3) is 17.7 Å². The number of pyridine rings is 4. The number of carbonyl (C=O) groups is 7. The Morgan fingerprint density at radius 2 is 0.678 bits per heavy atom. The number of nitrogens with zero attached hydrogens (tertiary/aromatic N) is 23. The van der Waals surface area contributed by atoms with E-state index in [2.05, 4.69) is 55.1 Å². The normalized spacial score (nSPS) is 21.4. The Bertz CT molecular complexity index is 7850. The van der Waals surface area contributed by atoms with Crippen LogP contribution in [0.4, 0.5) is 29.0 Å². The van der Waals surface area contributed by atoms with Crippen LogP contribution in [0.15, 0.2) is 182 Å². The molecule has 8 aliphatic rings. The lowest BCUT2D eigenvalue weighted by Gasteiger charge is -2.41. The van der Waals surface area contributed by atoms with E-state index >= 15 is 0 Å². The number of aromatic nitrogens is 18. The number of nitrogens with two attached hydrogens (primary N) is 4. The number of piperidine rings is 4. The molecule has 0 aliphatic carbocycles. The smallest absolute Gasteiger partial charge is 0.254 e. The summed E-state index contributed by atoms with van der Waals surface area (Å²) in [5, 5.41) is 62.9. The lowest BCUT2D eigenvalue weighted by Crippen LogP contribution is -2.53. The number of nitrogen functional groups attached to an aromatic ring is 4. The maximum atomic E-state index is 13.0. The van der Waals surface area contributed by atoms with E-state index < -0.39 is 24.4 Å². The molecule has 40 heteroatoms. The second-order valence-electron chi connectivity index (χ2n) is 40.4. The van der Waals surface area contributed by atoms with E-state index in [1.54, 1.807) is 62.0 Å². The Balaban J connectivity index is 0.000000116. The van der Waals surface area contributed by atoms with Gasteiger partial charge in [0.1, 0.15) is 57.7 Å². The number of anilines is 4.